The van der Waals surface area contributed by atoms with Gasteiger partial charge in [-0.1, -0.05) is 12.7 Å². The SMILES string of the molecule is [B][C@H]1CC(C)(C(=O)O)O[C@H]([B])[C@@H]1C. The molecule has 0 amide bonds. The molecule has 0 aliphatic carbocycles. The standard InChI is InChI=1S/C8H12B2O3/c1-4-5(9)3-8(2,7(11)12)13-6(4)10/h4-6H,3H2,1-2H3,(H,11,12)/t4-,5+,6+,8?/m1/s1. The number of hydrogen-bond donors (Lipinski definition) is 1. The van der Waals surface area contributed by atoms with Gasteiger partial charge in [0.25, 0.3) is 0 Å². The van der Waals surface area contributed by atoms with Gasteiger partial charge in [-0.15, -0.1) is 0 Å². The maximum Gasteiger partial charge on any atom is 0.335 e. The molecular formula is C8H12B2O3. The van der Waals surface area contributed by atoms with E-state index >= 15 is 0 Å². The Morgan fingerprint density at radius 3 is 2.54 bits per heavy atom. The van der Waals surface area contributed by atoms with Gasteiger partial charge in [0, 0.05) is 6.00 Å². The average molecular weight is 178 g/mol. The van der Waals surface area contributed by atoms with Crippen molar-refractivity contribution in [3.63, 3.8) is 0 Å². The summed E-state index contributed by atoms with van der Waals surface area (Å²) < 4.78 is 5.22. The number of carbonyl (C=O) groups is 1. The van der Waals surface area contributed by atoms with Gasteiger partial charge < -0.3 is 9.84 Å². The Hall–Kier alpha value is -0.440. The van der Waals surface area contributed by atoms with Crippen molar-refractivity contribution in [1.82, 2.24) is 0 Å². The smallest absolute Gasteiger partial charge is 0.335 e. The lowest BCUT2D eigenvalue weighted by atomic mass is 9.63. The lowest BCUT2D eigenvalue weighted by molar-refractivity contribution is -0.176. The van der Waals surface area contributed by atoms with E-state index in [1.165, 1.54) is 6.92 Å². The lowest BCUT2D eigenvalue weighted by Gasteiger charge is -2.42. The van der Waals surface area contributed by atoms with Crippen LogP contribution < -0.4 is 0 Å². The third-order valence-corrected chi connectivity index (χ3v) is 2.67. The molecule has 0 aromatic rings. The van der Waals surface area contributed by atoms with Crippen LogP contribution in [0.25, 0.3) is 0 Å². The minimum Gasteiger partial charge on any atom is -0.479 e. The number of aliphatic carboxylic acids is 1. The van der Waals surface area contributed by atoms with Crippen molar-refractivity contribution in [2.45, 2.75) is 37.7 Å². The first-order valence-corrected chi connectivity index (χ1v) is 4.29. The Balaban J connectivity index is 2.79. The van der Waals surface area contributed by atoms with Gasteiger partial charge in [0.05, 0.1) is 7.85 Å². The van der Waals surface area contributed by atoms with Crippen molar-refractivity contribution in [3.05, 3.63) is 0 Å². The molecule has 0 aromatic heterocycles. The van der Waals surface area contributed by atoms with E-state index in [2.05, 4.69) is 0 Å². The summed E-state index contributed by atoms with van der Waals surface area (Å²) in [5.41, 5.74) is -1.23. The molecule has 0 spiro atoms. The van der Waals surface area contributed by atoms with Gasteiger partial charge in [0.15, 0.2) is 5.60 Å². The van der Waals surface area contributed by atoms with E-state index in [1.807, 2.05) is 6.92 Å². The fourth-order valence-electron chi connectivity index (χ4n) is 1.47. The monoisotopic (exact) mass is 178 g/mol. The fraction of sp³-hybridized carbons (Fsp3) is 0.875. The normalized spacial score (nSPS) is 45.8. The molecule has 1 heterocycles. The Bertz CT molecular complexity index is 207. The molecule has 1 aliphatic heterocycles. The highest BCUT2D eigenvalue weighted by Gasteiger charge is 2.43. The summed E-state index contributed by atoms with van der Waals surface area (Å²) in [4.78, 5) is 10.8. The summed E-state index contributed by atoms with van der Waals surface area (Å²) in [7, 11) is 11.4. The molecular weight excluding hydrogens is 166 g/mol. The van der Waals surface area contributed by atoms with Crippen LogP contribution in [0.15, 0.2) is 0 Å². The number of carboxylic acids is 1. The highest BCUT2D eigenvalue weighted by Crippen LogP contribution is 2.37. The molecule has 1 saturated heterocycles. The maximum atomic E-state index is 10.8. The van der Waals surface area contributed by atoms with Crippen LogP contribution in [0.5, 0.6) is 0 Å². The van der Waals surface area contributed by atoms with Gasteiger partial charge in [0.2, 0.25) is 0 Å². The van der Waals surface area contributed by atoms with Crippen LogP contribution in [0.3, 0.4) is 0 Å². The number of ether oxygens (including phenoxy) is 1. The van der Waals surface area contributed by atoms with Crippen LogP contribution in [-0.4, -0.2) is 38.4 Å². The third kappa shape index (κ3) is 1.90. The Morgan fingerprint density at radius 2 is 2.15 bits per heavy atom. The minimum absolute atomic E-state index is 0.00701. The molecule has 1 N–H and O–H groups in total. The van der Waals surface area contributed by atoms with Crippen molar-refractivity contribution >= 4 is 21.7 Å². The maximum absolute atomic E-state index is 10.8. The van der Waals surface area contributed by atoms with E-state index in [9.17, 15) is 4.79 Å². The average Bonchev–Trinajstić information content (AvgIpc) is 2.00. The van der Waals surface area contributed by atoms with E-state index in [1.54, 1.807) is 0 Å². The molecule has 1 unspecified atom stereocenters. The van der Waals surface area contributed by atoms with Crippen LogP contribution in [0.1, 0.15) is 20.3 Å². The van der Waals surface area contributed by atoms with E-state index in [0.29, 0.717) is 6.42 Å². The van der Waals surface area contributed by atoms with E-state index in [4.69, 9.17) is 25.5 Å². The van der Waals surface area contributed by atoms with E-state index in [-0.39, 0.29) is 11.7 Å². The van der Waals surface area contributed by atoms with Crippen molar-refractivity contribution in [1.29, 1.82) is 0 Å². The zero-order valence-corrected chi connectivity index (χ0v) is 7.86. The number of carboxylic acid groups (broad SMARTS) is 1. The fourth-order valence-corrected chi connectivity index (χ4v) is 1.47. The predicted molar refractivity (Wildman–Crippen MR) is 50.0 cm³/mol. The Labute approximate surface area is 80.7 Å². The number of rotatable bonds is 1. The second kappa shape index (κ2) is 3.37. The molecule has 5 heteroatoms. The molecule has 68 valence electrons. The summed E-state index contributed by atoms with van der Waals surface area (Å²) in [5.74, 6) is -1.23. The summed E-state index contributed by atoms with van der Waals surface area (Å²) in [6.07, 6.45) is 0.303. The summed E-state index contributed by atoms with van der Waals surface area (Å²) >= 11 is 0. The quantitative estimate of drug-likeness (QED) is 0.588. The highest BCUT2D eigenvalue weighted by atomic mass is 16.5. The Morgan fingerprint density at radius 1 is 1.62 bits per heavy atom. The molecule has 4 radical (unpaired) electrons. The van der Waals surface area contributed by atoms with E-state index < -0.39 is 17.6 Å². The van der Waals surface area contributed by atoms with Crippen molar-refractivity contribution in [3.8, 4) is 0 Å². The number of hydrogen-bond acceptors (Lipinski definition) is 2. The van der Waals surface area contributed by atoms with Gasteiger partial charge in [-0.2, -0.15) is 0 Å². The van der Waals surface area contributed by atoms with Crippen LogP contribution >= 0.6 is 0 Å². The topological polar surface area (TPSA) is 46.5 Å². The molecule has 3 nitrogen and oxygen atoms in total. The summed E-state index contributed by atoms with van der Waals surface area (Å²) in [6, 6.07) is -0.593. The third-order valence-electron chi connectivity index (χ3n) is 2.67. The minimum atomic E-state index is -1.23. The van der Waals surface area contributed by atoms with Gasteiger partial charge >= 0.3 is 5.97 Å². The molecule has 0 saturated carbocycles. The van der Waals surface area contributed by atoms with Gasteiger partial charge in [-0.25, -0.2) is 4.79 Å². The van der Waals surface area contributed by atoms with Crippen molar-refractivity contribution in [2.75, 3.05) is 0 Å². The molecule has 1 aliphatic rings. The molecule has 0 aromatic carbocycles. The lowest BCUT2D eigenvalue weighted by Crippen LogP contribution is -2.50. The largest absolute Gasteiger partial charge is 0.479 e. The molecule has 0 bridgehead atoms. The zero-order chi connectivity index (χ0) is 10.2. The van der Waals surface area contributed by atoms with Crippen LogP contribution in [-0.2, 0) is 9.53 Å². The Kier molecular flexibility index (Phi) is 2.76. The van der Waals surface area contributed by atoms with Crippen molar-refractivity contribution in [2.24, 2.45) is 5.92 Å². The van der Waals surface area contributed by atoms with Crippen LogP contribution in [0.2, 0.25) is 5.82 Å². The predicted octanol–water partition coefficient (Wildman–Crippen LogP) is 0.338. The first kappa shape index (κ1) is 10.6. The van der Waals surface area contributed by atoms with Crippen molar-refractivity contribution < 1.29 is 14.6 Å². The van der Waals surface area contributed by atoms with Gasteiger partial charge in [-0.3, -0.25) is 0 Å². The second-order valence-corrected chi connectivity index (χ2v) is 3.85. The molecule has 1 rings (SSSR count). The van der Waals surface area contributed by atoms with E-state index in [0.717, 1.165) is 0 Å². The highest BCUT2D eigenvalue weighted by molar-refractivity contribution is 6.15. The summed E-state index contributed by atoms with van der Waals surface area (Å²) in [6.45, 7) is 3.36. The van der Waals surface area contributed by atoms with Gasteiger partial charge in [0.1, 0.15) is 7.85 Å². The first-order chi connectivity index (χ1) is 5.87. The molecule has 1 fully saturated rings. The molecule has 4 atom stereocenters. The molecule has 13 heavy (non-hydrogen) atoms. The van der Waals surface area contributed by atoms with Crippen LogP contribution in [0, 0.1) is 5.92 Å². The second-order valence-electron chi connectivity index (χ2n) is 3.85. The van der Waals surface area contributed by atoms with Gasteiger partial charge in [-0.05, 0) is 19.3 Å². The summed E-state index contributed by atoms with van der Waals surface area (Å²) in [5, 5.41) is 8.88. The first-order valence-electron chi connectivity index (χ1n) is 4.29. The zero-order valence-electron chi connectivity index (χ0n) is 7.86. The van der Waals surface area contributed by atoms with Crippen LogP contribution in [0.4, 0.5) is 0 Å².